The molecule has 2 atom stereocenters. The van der Waals surface area contributed by atoms with Crippen LogP contribution in [0.1, 0.15) is 91.9 Å². The van der Waals surface area contributed by atoms with Crippen molar-refractivity contribution in [1.82, 2.24) is 4.90 Å². The van der Waals surface area contributed by atoms with E-state index >= 15 is 0 Å². The van der Waals surface area contributed by atoms with Crippen molar-refractivity contribution >= 4 is 0 Å². The first kappa shape index (κ1) is 20.5. The van der Waals surface area contributed by atoms with Crippen LogP contribution in [0.15, 0.2) is 0 Å². The second-order valence-corrected chi connectivity index (χ2v) is 6.50. The average Bonchev–Trinajstić information content (AvgIpc) is 2.47. The van der Waals surface area contributed by atoms with Gasteiger partial charge in [-0.25, -0.2) is 0 Å². The lowest BCUT2D eigenvalue weighted by Gasteiger charge is -2.28. The van der Waals surface area contributed by atoms with Crippen LogP contribution in [0.4, 0.5) is 0 Å². The average molecular weight is 294 g/mol. The van der Waals surface area contributed by atoms with Crippen molar-refractivity contribution in [3.63, 3.8) is 0 Å². The molecule has 1 heteroatoms. The summed E-state index contributed by atoms with van der Waals surface area (Å²) in [5, 5.41) is 0. The van der Waals surface area contributed by atoms with Crippen LogP contribution in [0, 0.1) is 17.8 Å². The van der Waals surface area contributed by atoms with Crippen LogP contribution < -0.4 is 0 Å². The molecular weight excluding hydrogens is 254 g/mol. The maximum absolute atomic E-state index is 3.43. The number of nitrogens with zero attached hydrogens (tertiary/aromatic N) is 1. The molecular formula is C20H39N. The zero-order chi connectivity index (χ0) is 15.9. The number of rotatable bonds is 13. The SMILES string of the molecule is CC#CC(CCCCC)N(C)CC(CCC)CCCCC. The van der Waals surface area contributed by atoms with E-state index in [1.165, 1.54) is 70.8 Å². The lowest BCUT2D eigenvalue weighted by Crippen LogP contribution is -2.35. The van der Waals surface area contributed by atoms with Gasteiger partial charge in [-0.15, -0.1) is 5.92 Å². The molecule has 0 radical (unpaired) electrons. The summed E-state index contributed by atoms with van der Waals surface area (Å²) in [7, 11) is 2.28. The van der Waals surface area contributed by atoms with Crippen LogP contribution in [0.5, 0.6) is 0 Å². The largest absolute Gasteiger partial charge is 0.293 e. The Hall–Kier alpha value is -0.480. The standard InChI is InChI=1S/C20H39N/c1-6-10-12-16-19(14-8-3)18-21(5)20(15-9-4)17-13-11-7-2/h19-20H,6-8,10-14,16-18H2,1-5H3. The monoisotopic (exact) mass is 293 g/mol. The van der Waals surface area contributed by atoms with Gasteiger partial charge in [0.25, 0.3) is 0 Å². The van der Waals surface area contributed by atoms with Gasteiger partial charge < -0.3 is 0 Å². The molecule has 0 amide bonds. The second kappa shape index (κ2) is 14.5. The zero-order valence-electron chi connectivity index (χ0n) is 15.4. The molecule has 0 aromatic carbocycles. The fourth-order valence-electron chi connectivity index (χ4n) is 3.11. The molecule has 21 heavy (non-hydrogen) atoms. The maximum atomic E-state index is 3.43. The van der Waals surface area contributed by atoms with Crippen LogP contribution in [-0.2, 0) is 0 Å². The molecule has 0 rings (SSSR count). The summed E-state index contributed by atoms with van der Waals surface area (Å²) in [4.78, 5) is 2.53. The van der Waals surface area contributed by atoms with Gasteiger partial charge in [-0.3, -0.25) is 4.90 Å². The van der Waals surface area contributed by atoms with Gasteiger partial charge in [0.15, 0.2) is 0 Å². The Morgan fingerprint density at radius 1 is 0.810 bits per heavy atom. The summed E-state index contributed by atoms with van der Waals surface area (Å²) in [6.45, 7) is 10.1. The Bertz CT molecular complexity index is 273. The van der Waals surface area contributed by atoms with E-state index in [1.807, 2.05) is 6.92 Å². The lowest BCUT2D eigenvalue weighted by atomic mass is 9.95. The van der Waals surface area contributed by atoms with Crippen molar-refractivity contribution in [1.29, 1.82) is 0 Å². The predicted molar refractivity (Wildman–Crippen MR) is 96.6 cm³/mol. The predicted octanol–water partition coefficient (Wildman–Crippen LogP) is 5.89. The Morgan fingerprint density at radius 3 is 1.95 bits per heavy atom. The van der Waals surface area contributed by atoms with E-state index < -0.39 is 0 Å². The summed E-state index contributed by atoms with van der Waals surface area (Å²) in [5.74, 6) is 7.43. The van der Waals surface area contributed by atoms with Gasteiger partial charge in [-0.05, 0) is 39.2 Å². The van der Waals surface area contributed by atoms with E-state index in [9.17, 15) is 0 Å². The van der Waals surface area contributed by atoms with E-state index in [0.29, 0.717) is 6.04 Å². The van der Waals surface area contributed by atoms with E-state index in [4.69, 9.17) is 0 Å². The second-order valence-electron chi connectivity index (χ2n) is 6.50. The first-order chi connectivity index (χ1) is 10.2. The normalized spacial score (nSPS) is 13.8. The fraction of sp³-hybridized carbons (Fsp3) is 0.900. The minimum absolute atomic E-state index is 0.465. The zero-order valence-corrected chi connectivity index (χ0v) is 15.4. The van der Waals surface area contributed by atoms with Crippen LogP contribution in [-0.4, -0.2) is 24.5 Å². The van der Waals surface area contributed by atoms with Crippen LogP contribution >= 0.6 is 0 Å². The molecule has 0 aromatic heterocycles. The number of hydrogen-bond acceptors (Lipinski definition) is 1. The van der Waals surface area contributed by atoms with Gasteiger partial charge in [0.2, 0.25) is 0 Å². The van der Waals surface area contributed by atoms with Crippen molar-refractivity contribution in [2.45, 2.75) is 97.9 Å². The van der Waals surface area contributed by atoms with Gasteiger partial charge in [-0.2, -0.15) is 0 Å². The molecule has 0 spiro atoms. The molecule has 0 bridgehead atoms. The van der Waals surface area contributed by atoms with Gasteiger partial charge in [0.1, 0.15) is 0 Å². The molecule has 0 fully saturated rings. The molecule has 124 valence electrons. The van der Waals surface area contributed by atoms with E-state index in [1.54, 1.807) is 0 Å². The highest BCUT2D eigenvalue weighted by Gasteiger charge is 2.16. The summed E-state index contributed by atoms with van der Waals surface area (Å²) in [5.41, 5.74) is 0. The molecule has 0 heterocycles. The summed E-state index contributed by atoms with van der Waals surface area (Å²) in [6, 6.07) is 0.465. The van der Waals surface area contributed by atoms with Gasteiger partial charge >= 0.3 is 0 Å². The Morgan fingerprint density at radius 2 is 1.43 bits per heavy atom. The molecule has 0 aliphatic heterocycles. The van der Waals surface area contributed by atoms with Gasteiger partial charge in [-0.1, -0.05) is 71.6 Å². The Balaban J connectivity index is 4.35. The highest BCUT2D eigenvalue weighted by Crippen LogP contribution is 2.19. The van der Waals surface area contributed by atoms with Gasteiger partial charge in [0.05, 0.1) is 6.04 Å². The van der Waals surface area contributed by atoms with Crippen LogP contribution in [0.3, 0.4) is 0 Å². The topological polar surface area (TPSA) is 3.24 Å². The highest BCUT2D eigenvalue weighted by atomic mass is 15.1. The van der Waals surface area contributed by atoms with Crippen molar-refractivity contribution in [3.8, 4) is 11.8 Å². The maximum Gasteiger partial charge on any atom is 0.0712 e. The summed E-state index contributed by atoms with van der Waals surface area (Å²) in [6.07, 6.45) is 13.4. The first-order valence-electron chi connectivity index (χ1n) is 9.31. The van der Waals surface area contributed by atoms with Gasteiger partial charge in [0, 0.05) is 6.54 Å². The summed E-state index contributed by atoms with van der Waals surface area (Å²) >= 11 is 0. The first-order valence-corrected chi connectivity index (χ1v) is 9.31. The minimum atomic E-state index is 0.465. The van der Waals surface area contributed by atoms with Crippen molar-refractivity contribution in [2.24, 2.45) is 5.92 Å². The molecule has 0 aliphatic rings. The molecule has 0 saturated carbocycles. The van der Waals surface area contributed by atoms with E-state index in [2.05, 4.69) is 44.6 Å². The minimum Gasteiger partial charge on any atom is -0.293 e. The number of unbranched alkanes of at least 4 members (excludes halogenated alkanes) is 4. The third-order valence-corrected chi connectivity index (χ3v) is 4.38. The third kappa shape index (κ3) is 10.8. The van der Waals surface area contributed by atoms with Crippen LogP contribution in [0.2, 0.25) is 0 Å². The van der Waals surface area contributed by atoms with Crippen molar-refractivity contribution in [3.05, 3.63) is 0 Å². The molecule has 1 nitrogen and oxygen atoms in total. The van der Waals surface area contributed by atoms with Crippen LogP contribution in [0.25, 0.3) is 0 Å². The highest BCUT2D eigenvalue weighted by molar-refractivity contribution is 5.05. The molecule has 0 aromatic rings. The number of hydrogen-bond donors (Lipinski definition) is 0. The van der Waals surface area contributed by atoms with E-state index in [-0.39, 0.29) is 0 Å². The van der Waals surface area contributed by atoms with Crippen molar-refractivity contribution < 1.29 is 0 Å². The van der Waals surface area contributed by atoms with E-state index in [0.717, 1.165) is 5.92 Å². The smallest absolute Gasteiger partial charge is 0.0712 e. The molecule has 0 saturated heterocycles. The van der Waals surface area contributed by atoms with Crippen molar-refractivity contribution in [2.75, 3.05) is 13.6 Å². The quantitative estimate of drug-likeness (QED) is 0.302. The Labute approximate surface area is 134 Å². The molecule has 0 N–H and O–H groups in total. The lowest BCUT2D eigenvalue weighted by molar-refractivity contribution is 0.215. The fourth-order valence-corrected chi connectivity index (χ4v) is 3.11. The third-order valence-electron chi connectivity index (χ3n) is 4.38. The molecule has 0 aliphatic carbocycles. The summed E-state index contributed by atoms with van der Waals surface area (Å²) < 4.78 is 0. The Kier molecular flexibility index (Phi) is 14.1. The molecule has 2 unspecified atom stereocenters.